The SMILES string of the molecule is Cc1ccc(S(=O)(=O)N2CCC[C@H]2c2cccnc2Cl)cc1. The molecule has 0 amide bonds. The minimum absolute atomic E-state index is 0.243. The molecule has 116 valence electrons. The van der Waals surface area contributed by atoms with Crippen molar-refractivity contribution in [3.63, 3.8) is 0 Å². The third-order valence-electron chi connectivity index (χ3n) is 3.98. The number of nitrogens with zero attached hydrogens (tertiary/aromatic N) is 2. The standard InChI is InChI=1S/C16H17ClN2O2S/c1-12-6-8-13(9-7-12)22(20,21)19-11-3-5-15(19)14-4-2-10-18-16(14)17/h2,4,6-10,15H,3,5,11H2,1H3/t15-/m0/s1. The van der Waals surface area contributed by atoms with Gasteiger partial charge in [0.2, 0.25) is 10.0 Å². The largest absolute Gasteiger partial charge is 0.244 e. The van der Waals surface area contributed by atoms with Crippen LogP contribution in [0.1, 0.15) is 30.0 Å². The zero-order valence-corrected chi connectivity index (χ0v) is 13.8. The number of benzene rings is 1. The van der Waals surface area contributed by atoms with E-state index >= 15 is 0 Å². The predicted octanol–water partition coefficient (Wildman–Crippen LogP) is 3.57. The van der Waals surface area contributed by atoms with E-state index < -0.39 is 10.0 Å². The van der Waals surface area contributed by atoms with Crippen LogP contribution in [-0.4, -0.2) is 24.3 Å². The number of halogens is 1. The van der Waals surface area contributed by atoms with Crippen molar-refractivity contribution in [2.45, 2.75) is 30.7 Å². The number of aryl methyl sites for hydroxylation is 1. The summed E-state index contributed by atoms with van der Waals surface area (Å²) in [5.74, 6) is 0. The monoisotopic (exact) mass is 336 g/mol. The van der Waals surface area contributed by atoms with Crippen LogP contribution in [0, 0.1) is 6.92 Å². The van der Waals surface area contributed by atoms with E-state index in [0.29, 0.717) is 16.6 Å². The minimum atomic E-state index is -3.52. The van der Waals surface area contributed by atoms with Crippen molar-refractivity contribution in [3.8, 4) is 0 Å². The van der Waals surface area contributed by atoms with E-state index in [1.807, 2.05) is 25.1 Å². The fraction of sp³-hybridized carbons (Fsp3) is 0.312. The third-order valence-corrected chi connectivity index (χ3v) is 6.22. The minimum Gasteiger partial charge on any atom is -0.244 e. The first kappa shape index (κ1) is 15.5. The molecule has 0 saturated carbocycles. The van der Waals surface area contributed by atoms with Crippen LogP contribution in [0.25, 0.3) is 0 Å². The average molecular weight is 337 g/mol. The summed E-state index contributed by atoms with van der Waals surface area (Å²) in [5.41, 5.74) is 1.81. The fourth-order valence-electron chi connectivity index (χ4n) is 2.83. The molecule has 0 radical (unpaired) electrons. The summed E-state index contributed by atoms with van der Waals surface area (Å²) in [5, 5.41) is 0.374. The summed E-state index contributed by atoms with van der Waals surface area (Å²) >= 11 is 6.15. The molecule has 1 fully saturated rings. The quantitative estimate of drug-likeness (QED) is 0.805. The van der Waals surface area contributed by atoms with E-state index in [1.54, 1.807) is 28.7 Å². The van der Waals surface area contributed by atoms with Crippen LogP contribution in [0.15, 0.2) is 47.5 Å². The smallest absolute Gasteiger partial charge is 0.243 e. The Bertz CT molecular complexity index is 775. The number of hydrogen-bond acceptors (Lipinski definition) is 3. The molecule has 0 aliphatic carbocycles. The van der Waals surface area contributed by atoms with Crippen molar-refractivity contribution in [3.05, 3.63) is 58.9 Å². The van der Waals surface area contributed by atoms with E-state index in [9.17, 15) is 8.42 Å². The van der Waals surface area contributed by atoms with Crippen LogP contribution in [-0.2, 0) is 10.0 Å². The van der Waals surface area contributed by atoms with Crippen molar-refractivity contribution in [1.29, 1.82) is 0 Å². The van der Waals surface area contributed by atoms with Crippen molar-refractivity contribution in [1.82, 2.24) is 9.29 Å². The van der Waals surface area contributed by atoms with E-state index in [4.69, 9.17) is 11.6 Å². The van der Waals surface area contributed by atoms with Crippen LogP contribution in [0.3, 0.4) is 0 Å². The summed E-state index contributed by atoms with van der Waals surface area (Å²) in [4.78, 5) is 4.39. The number of rotatable bonds is 3. The average Bonchev–Trinajstić information content (AvgIpc) is 2.98. The molecule has 1 saturated heterocycles. The lowest BCUT2D eigenvalue weighted by atomic mass is 10.1. The Labute approximate surface area is 135 Å². The second-order valence-corrected chi connectivity index (χ2v) is 7.72. The molecule has 1 atom stereocenters. The van der Waals surface area contributed by atoms with Crippen molar-refractivity contribution < 1.29 is 8.42 Å². The van der Waals surface area contributed by atoms with Gasteiger partial charge in [0, 0.05) is 18.3 Å². The Morgan fingerprint density at radius 1 is 1.23 bits per heavy atom. The number of hydrogen-bond donors (Lipinski definition) is 0. The van der Waals surface area contributed by atoms with Crippen molar-refractivity contribution in [2.24, 2.45) is 0 Å². The van der Waals surface area contributed by atoms with Gasteiger partial charge in [-0.1, -0.05) is 35.4 Å². The molecule has 0 bridgehead atoms. The van der Waals surface area contributed by atoms with Gasteiger partial charge in [-0.15, -0.1) is 0 Å². The molecule has 1 aromatic heterocycles. The van der Waals surface area contributed by atoms with Crippen LogP contribution >= 0.6 is 11.6 Å². The highest BCUT2D eigenvalue weighted by atomic mass is 35.5. The zero-order chi connectivity index (χ0) is 15.7. The van der Waals surface area contributed by atoms with Crippen LogP contribution < -0.4 is 0 Å². The van der Waals surface area contributed by atoms with Gasteiger partial charge in [0.05, 0.1) is 10.9 Å². The van der Waals surface area contributed by atoms with Gasteiger partial charge in [-0.2, -0.15) is 4.31 Å². The molecule has 3 rings (SSSR count). The molecular formula is C16H17ClN2O2S. The lowest BCUT2D eigenvalue weighted by Crippen LogP contribution is -2.30. The first-order valence-corrected chi connectivity index (χ1v) is 9.01. The molecule has 6 heteroatoms. The van der Waals surface area contributed by atoms with Gasteiger partial charge < -0.3 is 0 Å². The van der Waals surface area contributed by atoms with Crippen molar-refractivity contribution >= 4 is 21.6 Å². The second kappa shape index (κ2) is 5.99. The van der Waals surface area contributed by atoms with Crippen molar-refractivity contribution in [2.75, 3.05) is 6.54 Å². The molecule has 1 aliphatic heterocycles. The molecule has 1 aromatic carbocycles. The van der Waals surface area contributed by atoms with Gasteiger partial charge >= 0.3 is 0 Å². The van der Waals surface area contributed by atoms with E-state index in [0.717, 1.165) is 24.0 Å². The molecule has 22 heavy (non-hydrogen) atoms. The topological polar surface area (TPSA) is 50.3 Å². The molecule has 4 nitrogen and oxygen atoms in total. The summed E-state index contributed by atoms with van der Waals surface area (Å²) in [6, 6.07) is 10.3. The number of pyridine rings is 1. The van der Waals surface area contributed by atoms with E-state index in [1.165, 1.54) is 0 Å². The molecule has 2 heterocycles. The number of sulfonamides is 1. The summed E-state index contributed by atoms with van der Waals surface area (Å²) < 4.78 is 27.3. The van der Waals surface area contributed by atoms with Gasteiger partial charge in [0.1, 0.15) is 5.15 Å². The second-order valence-electron chi connectivity index (χ2n) is 5.47. The van der Waals surface area contributed by atoms with Crippen LogP contribution in [0.5, 0.6) is 0 Å². The molecule has 0 N–H and O–H groups in total. The predicted molar refractivity (Wildman–Crippen MR) is 86.3 cm³/mol. The van der Waals surface area contributed by atoms with Crippen LogP contribution in [0.4, 0.5) is 0 Å². The summed E-state index contributed by atoms with van der Waals surface area (Å²) in [6.45, 7) is 2.44. The maximum Gasteiger partial charge on any atom is 0.243 e. The molecule has 2 aromatic rings. The molecule has 0 spiro atoms. The Morgan fingerprint density at radius 3 is 2.64 bits per heavy atom. The summed E-state index contributed by atoms with van der Waals surface area (Å²) in [6.07, 6.45) is 3.19. The lowest BCUT2D eigenvalue weighted by Gasteiger charge is -2.24. The molecular weight excluding hydrogens is 320 g/mol. The Morgan fingerprint density at radius 2 is 1.95 bits per heavy atom. The Hall–Kier alpha value is -1.43. The van der Waals surface area contributed by atoms with E-state index in [-0.39, 0.29) is 6.04 Å². The molecule has 1 aliphatic rings. The van der Waals surface area contributed by atoms with E-state index in [2.05, 4.69) is 4.98 Å². The molecule has 0 unspecified atom stereocenters. The fourth-order valence-corrected chi connectivity index (χ4v) is 4.75. The maximum absolute atomic E-state index is 12.9. The van der Waals surface area contributed by atoms with Crippen LogP contribution in [0.2, 0.25) is 5.15 Å². The number of aromatic nitrogens is 1. The Kier molecular flexibility index (Phi) is 4.21. The van der Waals surface area contributed by atoms with Gasteiger partial charge in [0.15, 0.2) is 0 Å². The first-order valence-electron chi connectivity index (χ1n) is 7.19. The Balaban J connectivity index is 1.99. The first-order chi connectivity index (χ1) is 10.5. The van der Waals surface area contributed by atoms with Gasteiger partial charge in [-0.25, -0.2) is 13.4 Å². The highest BCUT2D eigenvalue weighted by molar-refractivity contribution is 7.89. The van der Waals surface area contributed by atoms with Gasteiger partial charge in [-0.05, 0) is 38.0 Å². The highest BCUT2D eigenvalue weighted by Crippen LogP contribution is 2.38. The van der Waals surface area contributed by atoms with Gasteiger partial charge in [0.25, 0.3) is 0 Å². The zero-order valence-electron chi connectivity index (χ0n) is 12.2. The highest BCUT2D eigenvalue weighted by Gasteiger charge is 2.37. The maximum atomic E-state index is 12.9. The summed E-state index contributed by atoms with van der Waals surface area (Å²) in [7, 11) is -3.52. The third kappa shape index (κ3) is 2.76. The lowest BCUT2D eigenvalue weighted by molar-refractivity contribution is 0.396. The van der Waals surface area contributed by atoms with Gasteiger partial charge in [-0.3, -0.25) is 0 Å². The normalized spacial score (nSPS) is 19.5.